The lowest BCUT2D eigenvalue weighted by Gasteiger charge is -2.10. The fourth-order valence-corrected chi connectivity index (χ4v) is 3.07. The highest BCUT2D eigenvalue weighted by Gasteiger charge is 2.09. The first-order valence-corrected chi connectivity index (χ1v) is 6.87. The molecule has 0 aliphatic rings. The minimum Gasteiger partial charge on any atom is -0.472 e. The van der Waals surface area contributed by atoms with Crippen LogP contribution in [0, 0.1) is 0 Å². The van der Waals surface area contributed by atoms with Crippen molar-refractivity contribution < 1.29 is 4.42 Å². The van der Waals surface area contributed by atoms with Crippen LogP contribution in [0.25, 0.3) is 10.1 Å². The van der Waals surface area contributed by atoms with Crippen molar-refractivity contribution in [1.29, 1.82) is 0 Å². The molecule has 92 valence electrons. The Morgan fingerprint density at radius 1 is 1.28 bits per heavy atom. The predicted molar refractivity (Wildman–Crippen MR) is 75.8 cm³/mol. The number of furan rings is 1. The molecule has 2 aromatic heterocycles. The maximum absolute atomic E-state index is 5.06. The average Bonchev–Trinajstić information content (AvgIpc) is 3.04. The van der Waals surface area contributed by atoms with Gasteiger partial charge in [-0.25, -0.2) is 0 Å². The molecule has 0 aliphatic heterocycles. The third-order valence-corrected chi connectivity index (χ3v) is 4.36. The van der Waals surface area contributed by atoms with Gasteiger partial charge in [0.25, 0.3) is 0 Å². The molecule has 0 aliphatic carbocycles. The van der Waals surface area contributed by atoms with Gasteiger partial charge in [-0.1, -0.05) is 18.2 Å². The van der Waals surface area contributed by atoms with Crippen LogP contribution in [0.1, 0.15) is 23.4 Å². The van der Waals surface area contributed by atoms with Gasteiger partial charge in [-0.05, 0) is 30.5 Å². The van der Waals surface area contributed by atoms with Gasteiger partial charge in [0.2, 0.25) is 0 Å². The smallest absolute Gasteiger partial charge is 0.0947 e. The Bertz CT molecular complexity index is 594. The molecule has 1 unspecified atom stereocenters. The zero-order valence-corrected chi connectivity index (χ0v) is 11.0. The van der Waals surface area contributed by atoms with E-state index in [1.807, 2.05) is 17.4 Å². The minimum atomic E-state index is 0.359. The molecule has 2 heterocycles. The summed E-state index contributed by atoms with van der Waals surface area (Å²) < 4.78 is 6.41. The number of thiophene rings is 1. The van der Waals surface area contributed by atoms with Gasteiger partial charge in [-0.3, -0.25) is 0 Å². The van der Waals surface area contributed by atoms with Gasteiger partial charge in [0.05, 0.1) is 12.5 Å². The van der Waals surface area contributed by atoms with E-state index in [-0.39, 0.29) is 0 Å². The van der Waals surface area contributed by atoms with Gasteiger partial charge >= 0.3 is 0 Å². The highest BCUT2D eigenvalue weighted by molar-refractivity contribution is 7.19. The largest absolute Gasteiger partial charge is 0.472 e. The number of fused-ring (bicyclic) bond motifs is 1. The van der Waals surface area contributed by atoms with Crippen LogP contribution >= 0.6 is 11.3 Å². The van der Waals surface area contributed by atoms with Gasteiger partial charge in [0.1, 0.15) is 0 Å². The summed E-state index contributed by atoms with van der Waals surface area (Å²) in [4.78, 5) is 1.37. The third kappa shape index (κ3) is 2.33. The lowest BCUT2D eigenvalue weighted by molar-refractivity contribution is 0.549. The molecule has 1 atom stereocenters. The number of hydrogen-bond acceptors (Lipinski definition) is 3. The minimum absolute atomic E-state index is 0.359. The van der Waals surface area contributed by atoms with E-state index in [1.54, 1.807) is 12.5 Å². The van der Waals surface area contributed by atoms with Crippen molar-refractivity contribution in [2.45, 2.75) is 19.5 Å². The van der Waals surface area contributed by atoms with Crippen molar-refractivity contribution in [2.24, 2.45) is 0 Å². The zero-order chi connectivity index (χ0) is 12.4. The molecule has 3 aromatic rings. The van der Waals surface area contributed by atoms with E-state index in [4.69, 9.17) is 4.42 Å². The Morgan fingerprint density at radius 2 is 2.17 bits per heavy atom. The van der Waals surface area contributed by atoms with Crippen molar-refractivity contribution >= 4 is 21.4 Å². The normalized spacial score (nSPS) is 12.9. The van der Waals surface area contributed by atoms with E-state index < -0.39 is 0 Å². The first-order chi connectivity index (χ1) is 8.83. The summed E-state index contributed by atoms with van der Waals surface area (Å²) in [6, 6.07) is 13.1. The van der Waals surface area contributed by atoms with Crippen molar-refractivity contribution in [2.75, 3.05) is 0 Å². The van der Waals surface area contributed by atoms with Crippen LogP contribution in [-0.4, -0.2) is 0 Å². The third-order valence-electron chi connectivity index (χ3n) is 3.06. The number of rotatable bonds is 4. The molecule has 1 aromatic carbocycles. The molecule has 0 radical (unpaired) electrons. The van der Waals surface area contributed by atoms with Gasteiger partial charge in [0, 0.05) is 27.7 Å². The monoisotopic (exact) mass is 257 g/mol. The van der Waals surface area contributed by atoms with Crippen LogP contribution in [0.15, 0.2) is 53.3 Å². The molecule has 18 heavy (non-hydrogen) atoms. The highest BCUT2D eigenvalue weighted by Crippen LogP contribution is 2.29. The van der Waals surface area contributed by atoms with Gasteiger partial charge in [0.15, 0.2) is 0 Å². The second-order valence-electron chi connectivity index (χ2n) is 4.42. The molecular formula is C15H15NOS. The lowest BCUT2D eigenvalue weighted by Crippen LogP contribution is -2.16. The van der Waals surface area contributed by atoms with Crippen LogP contribution in [0.4, 0.5) is 0 Å². The molecule has 3 heteroatoms. The number of hydrogen-bond donors (Lipinski definition) is 1. The summed E-state index contributed by atoms with van der Waals surface area (Å²) in [5, 5.41) is 4.84. The van der Waals surface area contributed by atoms with Crippen molar-refractivity contribution in [3.05, 3.63) is 59.4 Å². The standard InChI is InChI=1S/C15H15NOS/c1-11(16-9-12-6-7-17-10-12)15-8-13-4-2-3-5-14(13)18-15/h2-8,10-11,16H,9H2,1H3. The number of nitrogens with one attached hydrogen (secondary N) is 1. The highest BCUT2D eigenvalue weighted by atomic mass is 32.1. The summed E-state index contributed by atoms with van der Waals surface area (Å²) in [5.41, 5.74) is 1.18. The Morgan fingerprint density at radius 3 is 2.94 bits per heavy atom. The summed E-state index contributed by atoms with van der Waals surface area (Å²) >= 11 is 1.86. The molecule has 0 saturated heterocycles. The summed E-state index contributed by atoms with van der Waals surface area (Å²) in [6.07, 6.45) is 3.49. The van der Waals surface area contributed by atoms with Gasteiger partial charge < -0.3 is 9.73 Å². The van der Waals surface area contributed by atoms with Crippen LogP contribution in [0.3, 0.4) is 0 Å². The molecule has 0 fully saturated rings. The lowest BCUT2D eigenvalue weighted by atomic mass is 10.2. The quantitative estimate of drug-likeness (QED) is 0.752. The summed E-state index contributed by atoms with van der Waals surface area (Å²) in [5.74, 6) is 0. The maximum atomic E-state index is 5.06. The summed E-state index contributed by atoms with van der Waals surface area (Å²) in [7, 11) is 0. The second-order valence-corrected chi connectivity index (χ2v) is 5.54. The molecule has 0 spiro atoms. The van der Waals surface area contributed by atoms with Crippen molar-refractivity contribution in [3.63, 3.8) is 0 Å². The van der Waals surface area contributed by atoms with Crippen molar-refractivity contribution in [1.82, 2.24) is 5.32 Å². The molecular weight excluding hydrogens is 242 g/mol. The second kappa shape index (κ2) is 4.96. The molecule has 0 bridgehead atoms. The predicted octanol–water partition coefficient (Wildman–Crippen LogP) is 4.35. The Hall–Kier alpha value is -1.58. The Balaban J connectivity index is 1.73. The molecule has 1 N–H and O–H groups in total. The Kier molecular flexibility index (Phi) is 3.17. The SMILES string of the molecule is CC(NCc1ccoc1)c1cc2ccccc2s1. The van der Waals surface area contributed by atoms with Crippen molar-refractivity contribution in [3.8, 4) is 0 Å². The van der Waals surface area contributed by atoms with Gasteiger partial charge in [-0.2, -0.15) is 0 Å². The van der Waals surface area contributed by atoms with E-state index in [9.17, 15) is 0 Å². The summed E-state index contributed by atoms with van der Waals surface area (Å²) in [6.45, 7) is 3.04. The fourth-order valence-electron chi connectivity index (χ4n) is 1.98. The van der Waals surface area contributed by atoms with Crippen LogP contribution in [0.5, 0.6) is 0 Å². The number of benzene rings is 1. The molecule has 2 nitrogen and oxygen atoms in total. The zero-order valence-electron chi connectivity index (χ0n) is 10.2. The van der Waals surface area contributed by atoms with E-state index in [0.717, 1.165) is 6.54 Å². The fraction of sp³-hybridized carbons (Fsp3) is 0.200. The van der Waals surface area contributed by atoms with Crippen LogP contribution in [0.2, 0.25) is 0 Å². The molecule has 3 rings (SSSR count). The maximum Gasteiger partial charge on any atom is 0.0947 e. The van der Waals surface area contributed by atoms with E-state index in [2.05, 4.69) is 42.6 Å². The average molecular weight is 257 g/mol. The molecule has 0 amide bonds. The van der Waals surface area contributed by atoms with Gasteiger partial charge in [-0.15, -0.1) is 11.3 Å². The first kappa shape index (κ1) is 11.5. The molecule has 0 saturated carbocycles. The van der Waals surface area contributed by atoms with E-state index >= 15 is 0 Å². The van der Waals surface area contributed by atoms with Crippen LogP contribution in [-0.2, 0) is 6.54 Å². The van der Waals surface area contributed by atoms with Crippen LogP contribution < -0.4 is 5.32 Å². The van der Waals surface area contributed by atoms with E-state index in [0.29, 0.717) is 6.04 Å². The van der Waals surface area contributed by atoms with E-state index in [1.165, 1.54) is 20.5 Å². The first-order valence-electron chi connectivity index (χ1n) is 6.06. The topological polar surface area (TPSA) is 25.2 Å². The Labute approximate surface area is 110 Å².